The van der Waals surface area contributed by atoms with Crippen molar-refractivity contribution in [1.29, 1.82) is 0 Å². The Morgan fingerprint density at radius 3 is 2.62 bits per heavy atom. The second-order valence-corrected chi connectivity index (χ2v) is 10.3. The molecule has 2 heterocycles. The SMILES string of the molecule is COC(=O)C1CC[C@@]2(CC(c3cc(N4C=NNN4C(F)(F)F)ccc3OC(C)C)CO2)[C@@H]1c1ccc(F)cc1. The number of hydrazine groups is 2. The molecule has 0 radical (unpaired) electrons. The van der Waals surface area contributed by atoms with Gasteiger partial charge in [0, 0.05) is 17.4 Å². The Balaban J connectivity index is 1.50. The first kappa shape index (κ1) is 27.2. The number of carbonyl (C=O) groups excluding carboxylic acids is 1. The molecule has 2 fully saturated rings. The minimum atomic E-state index is -4.71. The number of rotatable bonds is 6. The minimum absolute atomic E-state index is 0.0236. The van der Waals surface area contributed by atoms with Crippen molar-refractivity contribution in [3.8, 4) is 5.75 Å². The highest BCUT2D eigenvalue weighted by molar-refractivity contribution is 5.79. The van der Waals surface area contributed by atoms with E-state index in [9.17, 15) is 22.4 Å². The second-order valence-electron chi connectivity index (χ2n) is 10.3. The molecule has 210 valence electrons. The van der Waals surface area contributed by atoms with Gasteiger partial charge in [0.25, 0.3) is 0 Å². The van der Waals surface area contributed by atoms with E-state index >= 15 is 0 Å². The van der Waals surface area contributed by atoms with Gasteiger partial charge in [0.05, 0.1) is 37.0 Å². The molecular formula is C27H30F4N4O4. The van der Waals surface area contributed by atoms with Crippen LogP contribution in [0.25, 0.3) is 0 Å². The molecule has 2 unspecified atom stereocenters. The minimum Gasteiger partial charge on any atom is -0.491 e. The maximum atomic E-state index is 13.7. The topological polar surface area (TPSA) is 75.6 Å². The highest BCUT2D eigenvalue weighted by atomic mass is 19.4. The Morgan fingerprint density at radius 2 is 1.95 bits per heavy atom. The monoisotopic (exact) mass is 550 g/mol. The van der Waals surface area contributed by atoms with Crippen molar-refractivity contribution in [1.82, 2.24) is 10.7 Å². The molecule has 1 aliphatic carbocycles. The molecule has 3 aliphatic rings. The normalized spacial score (nSPS) is 27.0. The molecule has 39 heavy (non-hydrogen) atoms. The average molecular weight is 551 g/mol. The number of benzene rings is 2. The van der Waals surface area contributed by atoms with Gasteiger partial charge in [-0.15, -0.1) is 0 Å². The van der Waals surface area contributed by atoms with Crippen LogP contribution in [0.2, 0.25) is 0 Å². The van der Waals surface area contributed by atoms with Gasteiger partial charge in [-0.1, -0.05) is 12.1 Å². The van der Waals surface area contributed by atoms with E-state index in [4.69, 9.17) is 14.2 Å². The van der Waals surface area contributed by atoms with Crippen LogP contribution in [-0.2, 0) is 14.3 Å². The quantitative estimate of drug-likeness (QED) is 0.300. The van der Waals surface area contributed by atoms with Crippen molar-refractivity contribution in [3.63, 3.8) is 0 Å². The van der Waals surface area contributed by atoms with Crippen molar-refractivity contribution in [2.24, 2.45) is 11.0 Å². The maximum Gasteiger partial charge on any atom is 0.497 e. The van der Waals surface area contributed by atoms with Crippen molar-refractivity contribution in [3.05, 3.63) is 59.4 Å². The highest BCUT2D eigenvalue weighted by Gasteiger charge is 2.57. The number of anilines is 1. The Labute approximate surface area is 223 Å². The fourth-order valence-electron chi connectivity index (χ4n) is 6.05. The molecule has 5 rings (SSSR count). The fourth-order valence-corrected chi connectivity index (χ4v) is 6.05. The molecule has 4 atom stereocenters. The summed E-state index contributed by atoms with van der Waals surface area (Å²) in [6.45, 7) is 4.02. The third kappa shape index (κ3) is 5.14. The van der Waals surface area contributed by atoms with Gasteiger partial charge >= 0.3 is 12.3 Å². The number of esters is 1. The van der Waals surface area contributed by atoms with Gasteiger partial charge in [-0.3, -0.25) is 4.79 Å². The molecule has 1 saturated carbocycles. The fraction of sp³-hybridized carbons (Fsp3) is 0.481. The maximum absolute atomic E-state index is 13.7. The first-order valence-electron chi connectivity index (χ1n) is 12.7. The molecule has 2 aromatic rings. The van der Waals surface area contributed by atoms with E-state index in [1.165, 1.54) is 25.3 Å². The third-order valence-corrected chi connectivity index (χ3v) is 7.58. The van der Waals surface area contributed by atoms with E-state index in [0.29, 0.717) is 30.6 Å². The zero-order chi connectivity index (χ0) is 27.9. The van der Waals surface area contributed by atoms with Gasteiger partial charge in [0.2, 0.25) is 0 Å². The van der Waals surface area contributed by atoms with Crippen molar-refractivity contribution >= 4 is 18.0 Å². The number of carbonyl (C=O) groups is 1. The summed E-state index contributed by atoms with van der Waals surface area (Å²) in [5, 5.41) is 4.41. The number of methoxy groups -OCH3 is 1. The Hall–Kier alpha value is -3.38. The Bertz CT molecular complexity index is 1240. The molecule has 1 N–H and O–H groups in total. The third-order valence-electron chi connectivity index (χ3n) is 7.58. The predicted octanol–water partition coefficient (Wildman–Crippen LogP) is 5.23. The number of halogens is 4. The molecule has 0 amide bonds. The van der Waals surface area contributed by atoms with Crippen LogP contribution >= 0.6 is 0 Å². The molecule has 12 heteroatoms. The average Bonchev–Trinajstić information content (AvgIpc) is 3.63. The van der Waals surface area contributed by atoms with Crippen LogP contribution in [0.1, 0.15) is 56.1 Å². The van der Waals surface area contributed by atoms with E-state index in [1.54, 1.807) is 24.3 Å². The van der Waals surface area contributed by atoms with Gasteiger partial charge in [-0.25, -0.2) is 14.9 Å². The van der Waals surface area contributed by atoms with Crippen LogP contribution < -0.4 is 15.3 Å². The first-order valence-corrected chi connectivity index (χ1v) is 12.7. The summed E-state index contributed by atoms with van der Waals surface area (Å²) in [5.41, 5.74) is 2.92. The number of nitrogens with one attached hydrogen (secondary N) is 1. The first-order chi connectivity index (χ1) is 18.5. The van der Waals surface area contributed by atoms with Gasteiger partial charge in [0.1, 0.15) is 17.9 Å². The molecule has 8 nitrogen and oxygen atoms in total. The van der Waals surface area contributed by atoms with Gasteiger partial charge in [-0.2, -0.15) is 18.3 Å². The van der Waals surface area contributed by atoms with E-state index in [-0.39, 0.29) is 47.1 Å². The summed E-state index contributed by atoms with van der Waals surface area (Å²) < 4.78 is 72.0. The largest absolute Gasteiger partial charge is 0.497 e. The predicted molar refractivity (Wildman–Crippen MR) is 134 cm³/mol. The number of hydrogen-bond acceptors (Lipinski definition) is 8. The van der Waals surface area contributed by atoms with Crippen molar-refractivity contribution in [2.45, 2.75) is 63.0 Å². The summed E-state index contributed by atoms with van der Waals surface area (Å²) in [7, 11) is 1.34. The molecular weight excluding hydrogens is 520 g/mol. The molecule has 1 spiro atoms. The van der Waals surface area contributed by atoms with Gasteiger partial charge in [0.15, 0.2) is 0 Å². The number of ether oxygens (including phenoxy) is 3. The summed E-state index contributed by atoms with van der Waals surface area (Å²) in [6.07, 6.45) is -2.22. The van der Waals surface area contributed by atoms with Crippen LogP contribution in [0.5, 0.6) is 5.75 Å². The Kier molecular flexibility index (Phi) is 7.19. The summed E-state index contributed by atoms with van der Waals surface area (Å²) in [6, 6.07) is 10.9. The van der Waals surface area contributed by atoms with Gasteiger partial charge in [-0.05, 0) is 74.1 Å². The number of nitrogens with zero attached hydrogens (tertiary/aromatic N) is 3. The van der Waals surface area contributed by atoms with E-state index in [0.717, 1.165) is 16.9 Å². The van der Waals surface area contributed by atoms with E-state index in [2.05, 4.69) is 5.10 Å². The zero-order valence-corrected chi connectivity index (χ0v) is 21.7. The van der Waals surface area contributed by atoms with Crippen molar-refractivity contribution < 1.29 is 36.6 Å². The number of alkyl halides is 3. The lowest BCUT2D eigenvalue weighted by Gasteiger charge is -2.33. The summed E-state index contributed by atoms with van der Waals surface area (Å²) in [4.78, 5) is 12.7. The van der Waals surface area contributed by atoms with Crippen LogP contribution in [0.3, 0.4) is 0 Å². The lowest BCUT2D eigenvalue weighted by molar-refractivity contribution is -0.259. The van der Waals surface area contributed by atoms with E-state index < -0.39 is 17.8 Å². The molecule has 0 aromatic heterocycles. The number of hydrogen-bond donors (Lipinski definition) is 1. The molecule has 2 aromatic carbocycles. The highest BCUT2D eigenvalue weighted by Crippen LogP contribution is 2.57. The lowest BCUT2D eigenvalue weighted by atomic mass is 9.76. The van der Waals surface area contributed by atoms with Crippen molar-refractivity contribution in [2.75, 3.05) is 18.7 Å². The smallest absolute Gasteiger partial charge is 0.491 e. The standard InChI is InChI=1S/C27H30F4N4O4/c1-16(2)39-23-9-8-20(34-15-32-33-35(34)27(29,30)31)12-22(23)18-13-26(38-14-18)11-10-21(25(36)37-3)24(26)17-4-6-19(28)7-5-17/h4-9,12,15-16,18,21,24,33H,10-11,13-14H2,1-3H3/t18?,21?,24-,26-/m1/s1. The second kappa shape index (κ2) is 10.3. The van der Waals surface area contributed by atoms with Crippen LogP contribution in [0.15, 0.2) is 47.6 Å². The zero-order valence-electron chi connectivity index (χ0n) is 21.7. The van der Waals surface area contributed by atoms with Crippen LogP contribution in [0, 0.1) is 11.7 Å². The molecule has 2 aliphatic heterocycles. The molecule has 1 saturated heterocycles. The summed E-state index contributed by atoms with van der Waals surface area (Å²) in [5.74, 6) is -1.27. The number of hydrazone groups is 1. The molecule has 0 bridgehead atoms. The van der Waals surface area contributed by atoms with E-state index in [1.807, 2.05) is 19.4 Å². The van der Waals surface area contributed by atoms with Crippen LogP contribution in [0.4, 0.5) is 23.2 Å². The Morgan fingerprint density at radius 1 is 1.21 bits per heavy atom. The lowest BCUT2D eigenvalue weighted by Crippen LogP contribution is -2.52. The summed E-state index contributed by atoms with van der Waals surface area (Å²) >= 11 is 0. The van der Waals surface area contributed by atoms with Crippen LogP contribution in [-0.4, -0.2) is 49.1 Å². The van der Waals surface area contributed by atoms with Gasteiger partial charge < -0.3 is 14.2 Å².